The molecule has 0 radical (unpaired) electrons. The third kappa shape index (κ3) is 3.50. The van der Waals surface area contributed by atoms with Crippen molar-refractivity contribution < 1.29 is 4.39 Å². The van der Waals surface area contributed by atoms with Crippen LogP contribution in [0.15, 0.2) is 24.3 Å². The average Bonchev–Trinajstić information content (AvgIpc) is 2.15. The molecular weight excluding hydrogens is 209 g/mol. The van der Waals surface area contributed by atoms with Crippen molar-refractivity contribution >= 4 is 11.8 Å². The summed E-state index contributed by atoms with van der Waals surface area (Å²) in [7, 11) is 0. The van der Waals surface area contributed by atoms with E-state index in [-0.39, 0.29) is 17.1 Å². The Morgan fingerprint density at radius 3 is 2.27 bits per heavy atom. The first-order chi connectivity index (χ1) is 7.02. The SMILES string of the molecule is CC(C)SC(c1ccccc1F)C(C)N. The maximum atomic E-state index is 13.6. The number of hydrogen-bond donors (Lipinski definition) is 1. The Morgan fingerprint density at radius 2 is 1.80 bits per heavy atom. The molecule has 0 aromatic heterocycles. The van der Waals surface area contributed by atoms with Gasteiger partial charge in [0, 0.05) is 16.9 Å². The van der Waals surface area contributed by atoms with E-state index in [1.54, 1.807) is 17.8 Å². The summed E-state index contributed by atoms with van der Waals surface area (Å²) < 4.78 is 13.6. The fraction of sp³-hybridized carbons (Fsp3) is 0.500. The molecular formula is C12H18FNS. The van der Waals surface area contributed by atoms with Crippen molar-refractivity contribution in [2.75, 3.05) is 0 Å². The van der Waals surface area contributed by atoms with Crippen molar-refractivity contribution in [3.63, 3.8) is 0 Å². The van der Waals surface area contributed by atoms with Gasteiger partial charge in [-0.3, -0.25) is 0 Å². The molecule has 3 heteroatoms. The van der Waals surface area contributed by atoms with Gasteiger partial charge in [-0.25, -0.2) is 4.39 Å². The highest BCUT2D eigenvalue weighted by Gasteiger charge is 2.20. The standard InChI is InChI=1S/C12H18FNS/c1-8(2)15-12(9(3)14)10-6-4-5-7-11(10)13/h4-9,12H,14H2,1-3H3. The number of benzene rings is 1. The molecule has 1 aromatic carbocycles. The number of halogens is 1. The van der Waals surface area contributed by atoms with Gasteiger partial charge in [-0.05, 0) is 18.2 Å². The number of nitrogens with two attached hydrogens (primary N) is 1. The van der Waals surface area contributed by atoms with Crippen molar-refractivity contribution in [3.8, 4) is 0 Å². The molecule has 2 unspecified atom stereocenters. The molecule has 1 aromatic rings. The van der Waals surface area contributed by atoms with Gasteiger partial charge in [0.2, 0.25) is 0 Å². The summed E-state index contributed by atoms with van der Waals surface area (Å²) in [6.07, 6.45) is 0. The largest absolute Gasteiger partial charge is 0.327 e. The van der Waals surface area contributed by atoms with Gasteiger partial charge in [-0.2, -0.15) is 0 Å². The molecule has 2 atom stereocenters. The van der Waals surface area contributed by atoms with Crippen molar-refractivity contribution in [1.29, 1.82) is 0 Å². The Kier molecular flexibility index (Phi) is 4.61. The normalized spacial score (nSPS) is 15.3. The summed E-state index contributed by atoms with van der Waals surface area (Å²) in [4.78, 5) is 0. The van der Waals surface area contributed by atoms with Crippen LogP contribution in [0, 0.1) is 5.82 Å². The Labute approximate surface area is 95.2 Å². The summed E-state index contributed by atoms with van der Waals surface area (Å²) in [5.41, 5.74) is 6.61. The van der Waals surface area contributed by atoms with Crippen molar-refractivity contribution in [2.24, 2.45) is 5.73 Å². The topological polar surface area (TPSA) is 26.0 Å². The van der Waals surface area contributed by atoms with E-state index >= 15 is 0 Å². The van der Waals surface area contributed by atoms with E-state index in [2.05, 4.69) is 13.8 Å². The first-order valence-electron chi connectivity index (χ1n) is 5.18. The van der Waals surface area contributed by atoms with Crippen LogP contribution < -0.4 is 5.73 Å². The van der Waals surface area contributed by atoms with Crippen LogP contribution in [0.3, 0.4) is 0 Å². The van der Waals surface area contributed by atoms with Crippen LogP contribution >= 0.6 is 11.8 Å². The molecule has 0 aliphatic rings. The second-order valence-corrected chi connectivity index (χ2v) is 5.71. The lowest BCUT2D eigenvalue weighted by molar-refractivity contribution is 0.592. The molecule has 0 fully saturated rings. The quantitative estimate of drug-likeness (QED) is 0.853. The smallest absolute Gasteiger partial charge is 0.127 e. The fourth-order valence-corrected chi connectivity index (χ4v) is 2.65. The van der Waals surface area contributed by atoms with Crippen LogP contribution in [0.25, 0.3) is 0 Å². The highest BCUT2D eigenvalue weighted by atomic mass is 32.2. The van der Waals surface area contributed by atoms with Crippen LogP contribution in [0.5, 0.6) is 0 Å². The third-order valence-corrected chi connectivity index (χ3v) is 3.63. The van der Waals surface area contributed by atoms with Crippen molar-refractivity contribution in [3.05, 3.63) is 35.6 Å². The summed E-state index contributed by atoms with van der Waals surface area (Å²) in [6.45, 7) is 6.12. The molecule has 2 N–H and O–H groups in total. The molecule has 0 amide bonds. The highest BCUT2D eigenvalue weighted by molar-refractivity contribution is 8.00. The zero-order valence-corrected chi connectivity index (χ0v) is 10.2. The molecule has 1 nitrogen and oxygen atoms in total. The van der Waals surface area contributed by atoms with E-state index in [0.29, 0.717) is 10.8 Å². The molecule has 0 heterocycles. The van der Waals surface area contributed by atoms with Gasteiger partial charge < -0.3 is 5.73 Å². The van der Waals surface area contributed by atoms with Gasteiger partial charge >= 0.3 is 0 Å². The van der Waals surface area contributed by atoms with E-state index in [9.17, 15) is 4.39 Å². The van der Waals surface area contributed by atoms with Gasteiger partial charge in [0.1, 0.15) is 5.82 Å². The lowest BCUT2D eigenvalue weighted by Gasteiger charge is -2.23. The number of hydrogen-bond acceptors (Lipinski definition) is 2. The summed E-state index contributed by atoms with van der Waals surface area (Å²) >= 11 is 1.71. The van der Waals surface area contributed by atoms with Gasteiger partial charge in [0.25, 0.3) is 0 Å². The molecule has 0 spiro atoms. The lowest BCUT2D eigenvalue weighted by atomic mass is 10.1. The van der Waals surface area contributed by atoms with Crippen LogP contribution in [-0.4, -0.2) is 11.3 Å². The van der Waals surface area contributed by atoms with Crippen molar-refractivity contribution in [2.45, 2.75) is 37.3 Å². The molecule has 15 heavy (non-hydrogen) atoms. The Morgan fingerprint density at radius 1 is 1.20 bits per heavy atom. The fourth-order valence-electron chi connectivity index (χ4n) is 1.48. The minimum Gasteiger partial charge on any atom is -0.327 e. The predicted octanol–water partition coefficient (Wildman–Crippen LogP) is 3.36. The lowest BCUT2D eigenvalue weighted by Crippen LogP contribution is -2.24. The Hall–Kier alpha value is -0.540. The maximum Gasteiger partial charge on any atom is 0.127 e. The molecule has 0 saturated heterocycles. The first kappa shape index (κ1) is 12.5. The van der Waals surface area contributed by atoms with E-state index in [1.165, 1.54) is 6.07 Å². The van der Waals surface area contributed by atoms with E-state index in [0.717, 1.165) is 0 Å². The Balaban J connectivity index is 2.94. The Bertz CT molecular complexity index is 312. The average molecular weight is 227 g/mol. The minimum atomic E-state index is -0.159. The summed E-state index contributed by atoms with van der Waals surface area (Å²) in [6, 6.07) is 6.82. The highest BCUT2D eigenvalue weighted by Crippen LogP contribution is 2.35. The first-order valence-corrected chi connectivity index (χ1v) is 6.12. The van der Waals surface area contributed by atoms with Gasteiger partial charge in [0.15, 0.2) is 0 Å². The van der Waals surface area contributed by atoms with Crippen LogP contribution in [0.4, 0.5) is 4.39 Å². The van der Waals surface area contributed by atoms with Gasteiger partial charge in [-0.1, -0.05) is 32.0 Å². The van der Waals surface area contributed by atoms with Crippen LogP contribution in [0.1, 0.15) is 31.6 Å². The zero-order valence-electron chi connectivity index (χ0n) is 9.41. The number of rotatable bonds is 4. The zero-order chi connectivity index (χ0) is 11.4. The maximum absolute atomic E-state index is 13.6. The van der Waals surface area contributed by atoms with Gasteiger partial charge in [0.05, 0.1) is 0 Å². The molecule has 0 aliphatic heterocycles. The van der Waals surface area contributed by atoms with E-state index < -0.39 is 0 Å². The molecule has 84 valence electrons. The van der Waals surface area contributed by atoms with E-state index in [4.69, 9.17) is 5.73 Å². The number of thioether (sulfide) groups is 1. The van der Waals surface area contributed by atoms with Gasteiger partial charge in [-0.15, -0.1) is 11.8 Å². The molecule has 0 aliphatic carbocycles. The molecule has 0 saturated carbocycles. The molecule has 1 rings (SSSR count). The summed E-state index contributed by atoms with van der Waals surface area (Å²) in [5, 5.41) is 0.479. The minimum absolute atomic E-state index is 0.0335. The van der Waals surface area contributed by atoms with Crippen molar-refractivity contribution in [1.82, 2.24) is 0 Å². The van der Waals surface area contributed by atoms with Crippen LogP contribution in [0.2, 0.25) is 0 Å². The summed E-state index contributed by atoms with van der Waals surface area (Å²) in [5.74, 6) is -0.159. The monoisotopic (exact) mass is 227 g/mol. The predicted molar refractivity (Wildman–Crippen MR) is 65.5 cm³/mol. The second-order valence-electron chi connectivity index (χ2n) is 3.99. The molecule has 0 bridgehead atoms. The van der Waals surface area contributed by atoms with E-state index in [1.807, 2.05) is 19.1 Å². The third-order valence-electron chi connectivity index (χ3n) is 2.11. The second kappa shape index (κ2) is 5.52. The van der Waals surface area contributed by atoms with Crippen LogP contribution in [-0.2, 0) is 0 Å².